The van der Waals surface area contributed by atoms with Crippen LogP contribution < -0.4 is 10.5 Å². The molecule has 3 rings (SSSR count). The molecule has 0 atom stereocenters. The number of hydrogen-bond acceptors (Lipinski definition) is 5. The Hall–Kier alpha value is -1.98. The van der Waals surface area contributed by atoms with E-state index in [1.54, 1.807) is 7.11 Å². The van der Waals surface area contributed by atoms with Crippen LogP contribution in [0.4, 0.5) is 5.88 Å². The highest BCUT2D eigenvalue weighted by molar-refractivity contribution is 7.14. The monoisotopic (exact) mass is 320 g/mol. The molecule has 6 heteroatoms. The molecular weight excluding hydrogens is 308 g/mol. The third kappa shape index (κ3) is 2.28. The second-order valence-electron chi connectivity index (χ2n) is 4.53. The maximum Gasteiger partial charge on any atom is 0.230 e. The minimum atomic E-state index is 0.247. The second-order valence-corrected chi connectivity index (χ2v) is 5.79. The lowest BCUT2D eigenvalue weighted by atomic mass is 10.0. The number of hydrogen-bond donors (Lipinski definition) is 1. The standard InChI is InChI=1S/C15H13ClN2O2S/c1-8-7-21-14(12(8)16)13-11(15(17)20-18-13)9-5-3-4-6-10(9)19-2/h3-7H,17H2,1-2H3. The van der Waals surface area contributed by atoms with Gasteiger partial charge in [0, 0.05) is 5.56 Å². The van der Waals surface area contributed by atoms with Crippen molar-refractivity contribution in [2.45, 2.75) is 6.92 Å². The van der Waals surface area contributed by atoms with Gasteiger partial charge in [0.1, 0.15) is 11.4 Å². The number of aromatic nitrogens is 1. The lowest BCUT2D eigenvalue weighted by Gasteiger charge is -2.08. The molecule has 21 heavy (non-hydrogen) atoms. The molecule has 0 unspecified atom stereocenters. The molecule has 0 fully saturated rings. The molecule has 2 aromatic heterocycles. The Bertz CT molecular complexity index is 795. The average molecular weight is 321 g/mol. The molecule has 0 radical (unpaired) electrons. The summed E-state index contributed by atoms with van der Waals surface area (Å²) in [6, 6.07) is 7.59. The summed E-state index contributed by atoms with van der Waals surface area (Å²) in [5.41, 5.74) is 9.15. The highest BCUT2D eigenvalue weighted by Gasteiger charge is 2.23. The van der Waals surface area contributed by atoms with Crippen molar-refractivity contribution in [3.8, 4) is 27.4 Å². The number of anilines is 1. The van der Waals surface area contributed by atoms with E-state index in [9.17, 15) is 0 Å². The van der Waals surface area contributed by atoms with Crippen LogP contribution in [0.15, 0.2) is 34.2 Å². The predicted molar refractivity (Wildman–Crippen MR) is 86.0 cm³/mol. The number of nitrogens with zero attached hydrogens (tertiary/aromatic N) is 1. The summed E-state index contributed by atoms with van der Waals surface area (Å²) in [4.78, 5) is 0.843. The van der Waals surface area contributed by atoms with E-state index in [1.165, 1.54) is 11.3 Å². The van der Waals surface area contributed by atoms with Crippen molar-refractivity contribution in [3.63, 3.8) is 0 Å². The van der Waals surface area contributed by atoms with E-state index in [2.05, 4.69) is 5.16 Å². The number of methoxy groups -OCH3 is 1. The minimum Gasteiger partial charge on any atom is -0.496 e. The Kier molecular flexibility index (Phi) is 3.61. The average Bonchev–Trinajstić information content (AvgIpc) is 3.03. The van der Waals surface area contributed by atoms with Crippen LogP contribution in [-0.2, 0) is 0 Å². The smallest absolute Gasteiger partial charge is 0.230 e. The Morgan fingerprint density at radius 2 is 2.10 bits per heavy atom. The maximum atomic E-state index is 6.34. The van der Waals surface area contributed by atoms with Crippen molar-refractivity contribution < 1.29 is 9.26 Å². The number of thiophene rings is 1. The Morgan fingerprint density at radius 3 is 2.76 bits per heavy atom. The molecule has 0 bridgehead atoms. The van der Waals surface area contributed by atoms with Crippen LogP contribution in [0.25, 0.3) is 21.7 Å². The van der Waals surface area contributed by atoms with Crippen molar-refractivity contribution >= 4 is 28.8 Å². The van der Waals surface area contributed by atoms with Crippen LogP contribution in [0.1, 0.15) is 5.56 Å². The number of rotatable bonds is 3. The number of nitrogens with two attached hydrogens (primary N) is 1. The van der Waals surface area contributed by atoms with Crippen molar-refractivity contribution in [3.05, 3.63) is 40.2 Å². The van der Waals surface area contributed by atoms with Crippen molar-refractivity contribution in [2.75, 3.05) is 12.8 Å². The Morgan fingerprint density at radius 1 is 1.33 bits per heavy atom. The van der Waals surface area contributed by atoms with Gasteiger partial charge in [-0.15, -0.1) is 11.3 Å². The van der Waals surface area contributed by atoms with Crippen molar-refractivity contribution in [1.82, 2.24) is 5.16 Å². The van der Waals surface area contributed by atoms with E-state index >= 15 is 0 Å². The first-order valence-electron chi connectivity index (χ1n) is 6.26. The van der Waals surface area contributed by atoms with Gasteiger partial charge in [-0.25, -0.2) is 0 Å². The lowest BCUT2D eigenvalue weighted by molar-refractivity contribution is 0.416. The van der Waals surface area contributed by atoms with Gasteiger partial charge in [0.25, 0.3) is 0 Å². The number of aryl methyl sites for hydroxylation is 1. The summed E-state index contributed by atoms with van der Waals surface area (Å²) < 4.78 is 10.6. The molecule has 2 N–H and O–H groups in total. The fourth-order valence-corrected chi connectivity index (χ4v) is 3.43. The molecule has 0 spiro atoms. The molecule has 0 saturated heterocycles. The third-order valence-corrected chi connectivity index (χ3v) is 4.91. The first-order chi connectivity index (χ1) is 10.1. The van der Waals surface area contributed by atoms with E-state index < -0.39 is 0 Å². The molecule has 0 aliphatic heterocycles. The molecule has 0 amide bonds. The topological polar surface area (TPSA) is 61.3 Å². The van der Waals surface area contributed by atoms with E-state index in [4.69, 9.17) is 26.6 Å². The first-order valence-corrected chi connectivity index (χ1v) is 7.51. The highest BCUT2D eigenvalue weighted by Crippen LogP contribution is 2.45. The summed E-state index contributed by atoms with van der Waals surface area (Å²) >= 11 is 7.86. The zero-order valence-electron chi connectivity index (χ0n) is 11.5. The summed E-state index contributed by atoms with van der Waals surface area (Å²) in [6.45, 7) is 1.95. The lowest BCUT2D eigenvalue weighted by Crippen LogP contribution is -1.91. The molecule has 0 saturated carbocycles. The molecule has 0 aliphatic rings. The van der Waals surface area contributed by atoms with Crippen molar-refractivity contribution in [1.29, 1.82) is 0 Å². The van der Waals surface area contributed by atoms with E-state index in [-0.39, 0.29) is 5.88 Å². The maximum absolute atomic E-state index is 6.34. The van der Waals surface area contributed by atoms with E-state index in [0.717, 1.165) is 16.0 Å². The van der Waals surface area contributed by atoms with Crippen LogP contribution >= 0.6 is 22.9 Å². The van der Waals surface area contributed by atoms with Gasteiger partial charge in [0.15, 0.2) is 0 Å². The normalized spacial score (nSPS) is 10.8. The number of halogens is 1. The SMILES string of the molecule is COc1ccccc1-c1c(-c2scc(C)c2Cl)noc1N. The van der Waals surface area contributed by atoms with Gasteiger partial charge in [-0.3, -0.25) is 0 Å². The predicted octanol–water partition coefficient (Wildman–Crippen LogP) is 4.62. The van der Waals surface area contributed by atoms with Gasteiger partial charge in [0.2, 0.25) is 5.88 Å². The van der Waals surface area contributed by atoms with Crippen LogP contribution in [0.5, 0.6) is 5.75 Å². The van der Waals surface area contributed by atoms with Crippen LogP contribution in [0.2, 0.25) is 5.02 Å². The summed E-state index contributed by atoms with van der Waals surface area (Å²) in [5.74, 6) is 0.953. The van der Waals surface area contributed by atoms with Crippen LogP contribution in [-0.4, -0.2) is 12.3 Å². The third-order valence-electron chi connectivity index (χ3n) is 3.21. The van der Waals surface area contributed by atoms with Gasteiger partial charge < -0.3 is 15.0 Å². The van der Waals surface area contributed by atoms with Gasteiger partial charge in [-0.1, -0.05) is 35.0 Å². The zero-order chi connectivity index (χ0) is 15.0. The summed E-state index contributed by atoms with van der Waals surface area (Å²) in [6.07, 6.45) is 0. The highest BCUT2D eigenvalue weighted by atomic mass is 35.5. The number of para-hydroxylation sites is 1. The van der Waals surface area contributed by atoms with Crippen molar-refractivity contribution in [2.24, 2.45) is 0 Å². The van der Waals surface area contributed by atoms with E-state index in [0.29, 0.717) is 22.0 Å². The fraction of sp³-hybridized carbons (Fsp3) is 0.133. The fourth-order valence-electron chi connectivity index (χ4n) is 2.16. The zero-order valence-corrected chi connectivity index (χ0v) is 13.1. The molecule has 0 aliphatic carbocycles. The Labute approximate surface area is 131 Å². The van der Waals surface area contributed by atoms with Gasteiger partial charge in [0.05, 0.1) is 22.6 Å². The largest absolute Gasteiger partial charge is 0.496 e. The molecule has 1 aromatic carbocycles. The molecular formula is C15H13ClN2O2S. The number of benzene rings is 1. The molecule has 108 valence electrons. The molecule has 3 aromatic rings. The van der Waals surface area contributed by atoms with Crippen LogP contribution in [0, 0.1) is 6.92 Å². The Balaban J connectivity index is 2.25. The number of ether oxygens (including phenoxy) is 1. The quantitative estimate of drug-likeness (QED) is 0.764. The van der Waals surface area contributed by atoms with E-state index in [1.807, 2.05) is 36.6 Å². The molecule has 2 heterocycles. The summed E-state index contributed by atoms with van der Waals surface area (Å²) in [7, 11) is 1.62. The van der Waals surface area contributed by atoms with Crippen LogP contribution in [0.3, 0.4) is 0 Å². The first kappa shape index (κ1) is 14.0. The number of nitrogen functional groups attached to an aromatic ring is 1. The summed E-state index contributed by atoms with van der Waals surface area (Å²) in [5, 5.41) is 6.73. The van der Waals surface area contributed by atoms with Gasteiger partial charge >= 0.3 is 0 Å². The second kappa shape index (κ2) is 5.42. The van der Waals surface area contributed by atoms with Gasteiger partial charge in [-0.05, 0) is 23.9 Å². The minimum absolute atomic E-state index is 0.247. The van der Waals surface area contributed by atoms with Gasteiger partial charge in [-0.2, -0.15) is 0 Å². The molecule has 4 nitrogen and oxygen atoms in total.